The third-order valence-electron chi connectivity index (χ3n) is 3.81. The van der Waals surface area contributed by atoms with Crippen LogP contribution < -0.4 is 16.0 Å². The highest BCUT2D eigenvalue weighted by Gasteiger charge is 2.19. The minimum Gasteiger partial charge on any atom is -0.370 e. The van der Waals surface area contributed by atoms with Gasteiger partial charge in [-0.1, -0.05) is 0 Å². The second-order valence-electron chi connectivity index (χ2n) is 5.46. The van der Waals surface area contributed by atoms with Crippen LogP contribution in [-0.4, -0.2) is 39.9 Å². The summed E-state index contributed by atoms with van der Waals surface area (Å²) in [6.45, 7) is 1.84. The van der Waals surface area contributed by atoms with Gasteiger partial charge in [-0.05, 0) is 31.0 Å². The molecule has 8 nitrogen and oxygen atoms in total. The van der Waals surface area contributed by atoms with Gasteiger partial charge in [-0.25, -0.2) is 0 Å². The summed E-state index contributed by atoms with van der Waals surface area (Å²) in [4.78, 5) is 27.2. The van der Waals surface area contributed by atoms with Gasteiger partial charge in [0.1, 0.15) is 0 Å². The molecule has 1 saturated heterocycles. The number of benzene rings is 1. The zero-order valence-corrected chi connectivity index (χ0v) is 12.8. The number of aromatic nitrogens is 3. The van der Waals surface area contributed by atoms with Crippen LogP contribution in [0.3, 0.4) is 0 Å². The SMILES string of the molecule is Cn1ncc(C(=O)Nc2cc(C(N)=O)ccc2N2CCCC2)n1. The number of amides is 2. The Labute approximate surface area is 133 Å². The first kappa shape index (κ1) is 15.0. The molecule has 120 valence electrons. The average molecular weight is 314 g/mol. The van der Waals surface area contributed by atoms with Gasteiger partial charge in [-0.2, -0.15) is 9.90 Å². The molecule has 23 heavy (non-hydrogen) atoms. The number of nitrogens with one attached hydrogen (secondary N) is 1. The lowest BCUT2D eigenvalue weighted by atomic mass is 10.1. The first-order chi connectivity index (χ1) is 11.0. The molecule has 2 heterocycles. The molecule has 0 unspecified atom stereocenters. The molecule has 3 rings (SSSR count). The van der Waals surface area contributed by atoms with E-state index in [4.69, 9.17) is 5.73 Å². The van der Waals surface area contributed by atoms with E-state index in [1.807, 2.05) is 6.07 Å². The summed E-state index contributed by atoms with van der Waals surface area (Å²) in [7, 11) is 1.64. The normalized spacial score (nSPS) is 14.0. The van der Waals surface area contributed by atoms with Crippen molar-refractivity contribution in [3.8, 4) is 0 Å². The molecular weight excluding hydrogens is 296 g/mol. The van der Waals surface area contributed by atoms with Gasteiger partial charge >= 0.3 is 0 Å². The predicted octanol–water partition coefficient (Wildman–Crippen LogP) is 0.766. The molecule has 8 heteroatoms. The van der Waals surface area contributed by atoms with Gasteiger partial charge in [-0.15, -0.1) is 5.10 Å². The van der Waals surface area contributed by atoms with Gasteiger partial charge in [0, 0.05) is 25.7 Å². The molecular formula is C15H18N6O2. The molecule has 0 atom stereocenters. The van der Waals surface area contributed by atoms with Crippen molar-refractivity contribution in [1.29, 1.82) is 0 Å². The highest BCUT2D eigenvalue weighted by molar-refractivity contribution is 6.05. The summed E-state index contributed by atoms with van der Waals surface area (Å²) in [6.07, 6.45) is 3.60. The lowest BCUT2D eigenvalue weighted by molar-refractivity contribution is 0.0995. The number of primary amides is 1. The van der Waals surface area contributed by atoms with Crippen LogP contribution in [0.25, 0.3) is 0 Å². The van der Waals surface area contributed by atoms with Gasteiger partial charge < -0.3 is 16.0 Å². The molecule has 0 aliphatic carbocycles. The monoisotopic (exact) mass is 314 g/mol. The van der Waals surface area contributed by atoms with E-state index >= 15 is 0 Å². The summed E-state index contributed by atoms with van der Waals surface area (Å²) >= 11 is 0. The van der Waals surface area contributed by atoms with Gasteiger partial charge in [0.05, 0.1) is 17.6 Å². The maximum Gasteiger partial charge on any atom is 0.277 e. The Hall–Kier alpha value is -2.90. The third kappa shape index (κ3) is 3.15. The van der Waals surface area contributed by atoms with E-state index in [0.717, 1.165) is 31.6 Å². The lowest BCUT2D eigenvalue weighted by Gasteiger charge is -2.22. The largest absolute Gasteiger partial charge is 0.370 e. The molecule has 0 bridgehead atoms. The van der Waals surface area contributed by atoms with Crippen molar-refractivity contribution in [2.45, 2.75) is 12.8 Å². The summed E-state index contributed by atoms with van der Waals surface area (Å²) in [5, 5.41) is 10.7. The number of nitrogens with zero attached hydrogens (tertiary/aromatic N) is 4. The van der Waals surface area contributed by atoms with Crippen LogP contribution in [0.15, 0.2) is 24.4 Å². The fourth-order valence-corrected chi connectivity index (χ4v) is 2.66. The van der Waals surface area contributed by atoms with Crippen molar-refractivity contribution >= 4 is 23.2 Å². The second-order valence-corrected chi connectivity index (χ2v) is 5.46. The lowest BCUT2D eigenvalue weighted by Crippen LogP contribution is -2.22. The van der Waals surface area contributed by atoms with Crippen molar-refractivity contribution in [2.24, 2.45) is 12.8 Å². The standard InChI is InChI=1S/C15H18N6O2/c1-20-17-9-12(19-20)15(23)18-11-8-10(14(16)22)4-5-13(11)21-6-2-3-7-21/h4-5,8-9H,2-3,6-7H2,1H3,(H2,16,22)(H,18,23). The maximum absolute atomic E-state index is 12.3. The van der Waals surface area contributed by atoms with Crippen molar-refractivity contribution in [3.05, 3.63) is 35.7 Å². The quantitative estimate of drug-likeness (QED) is 0.867. The number of rotatable bonds is 4. The van der Waals surface area contributed by atoms with Gasteiger partial charge in [-0.3, -0.25) is 9.59 Å². The zero-order chi connectivity index (χ0) is 16.4. The van der Waals surface area contributed by atoms with E-state index in [-0.39, 0.29) is 11.6 Å². The van der Waals surface area contributed by atoms with Gasteiger partial charge in [0.2, 0.25) is 5.91 Å². The molecule has 0 spiro atoms. The third-order valence-corrected chi connectivity index (χ3v) is 3.81. The van der Waals surface area contributed by atoms with Gasteiger partial charge in [0.25, 0.3) is 5.91 Å². The molecule has 1 aliphatic heterocycles. The van der Waals surface area contributed by atoms with Crippen LogP contribution in [0.4, 0.5) is 11.4 Å². The molecule has 1 aromatic carbocycles. The Morgan fingerprint density at radius 2 is 2.00 bits per heavy atom. The Kier molecular flexibility index (Phi) is 3.96. The van der Waals surface area contributed by atoms with Crippen LogP contribution in [0.2, 0.25) is 0 Å². The summed E-state index contributed by atoms with van der Waals surface area (Å²) in [5.41, 5.74) is 7.34. The molecule has 1 fully saturated rings. The molecule has 1 aliphatic rings. The number of nitrogens with two attached hydrogens (primary N) is 1. The first-order valence-corrected chi connectivity index (χ1v) is 7.41. The topological polar surface area (TPSA) is 106 Å². The predicted molar refractivity (Wildman–Crippen MR) is 85.4 cm³/mol. The fourth-order valence-electron chi connectivity index (χ4n) is 2.66. The number of anilines is 2. The molecule has 2 aromatic rings. The van der Waals surface area contributed by atoms with E-state index in [1.54, 1.807) is 19.2 Å². The summed E-state index contributed by atoms with van der Waals surface area (Å²) < 4.78 is 0. The number of hydrogen-bond acceptors (Lipinski definition) is 5. The Bertz CT molecular complexity index is 748. The van der Waals surface area contributed by atoms with E-state index in [2.05, 4.69) is 20.4 Å². The Morgan fingerprint density at radius 3 is 2.61 bits per heavy atom. The average Bonchev–Trinajstić information content (AvgIpc) is 3.18. The number of carbonyl (C=O) groups excluding carboxylic acids is 2. The maximum atomic E-state index is 12.3. The highest BCUT2D eigenvalue weighted by Crippen LogP contribution is 2.30. The van der Waals surface area contributed by atoms with E-state index in [9.17, 15) is 9.59 Å². The number of hydrogen-bond donors (Lipinski definition) is 2. The van der Waals surface area contributed by atoms with Gasteiger partial charge in [0.15, 0.2) is 5.69 Å². The number of aryl methyl sites for hydroxylation is 1. The van der Waals surface area contributed by atoms with Crippen LogP contribution >= 0.6 is 0 Å². The Morgan fingerprint density at radius 1 is 1.26 bits per heavy atom. The van der Waals surface area contributed by atoms with Crippen LogP contribution in [0.1, 0.15) is 33.7 Å². The summed E-state index contributed by atoms with van der Waals surface area (Å²) in [6, 6.07) is 5.09. The molecule has 3 N–H and O–H groups in total. The molecule has 1 aromatic heterocycles. The van der Waals surface area contributed by atoms with E-state index < -0.39 is 5.91 Å². The van der Waals surface area contributed by atoms with Crippen molar-refractivity contribution in [3.63, 3.8) is 0 Å². The smallest absolute Gasteiger partial charge is 0.277 e. The van der Waals surface area contributed by atoms with Crippen LogP contribution in [0.5, 0.6) is 0 Å². The number of carbonyl (C=O) groups is 2. The zero-order valence-electron chi connectivity index (χ0n) is 12.8. The molecule has 2 amide bonds. The van der Waals surface area contributed by atoms with Crippen molar-refractivity contribution < 1.29 is 9.59 Å². The van der Waals surface area contributed by atoms with Crippen LogP contribution in [0, 0.1) is 0 Å². The van der Waals surface area contributed by atoms with Crippen molar-refractivity contribution in [1.82, 2.24) is 15.0 Å². The van der Waals surface area contributed by atoms with E-state index in [1.165, 1.54) is 11.0 Å². The minimum absolute atomic E-state index is 0.212. The fraction of sp³-hybridized carbons (Fsp3) is 0.333. The van der Waals surface area contributed by atoms with Crippen molar-refractivity contribution in [2.75, 3.05) is 23.3 Å². The molecule has 0 saturated carbocycles. The second kappa shape index (κ2) is 6.07. The summed E-state index contributed by atoms with van der Waals surface area (Å²) in [5.74, 6) is -0.909. The molecule has 0 radical (unpaired) electrons. The minimum atomic E-state index is -0.534. The Balaban J connectivity index is 1.92. The first-order valence-electron chi connectivity index (χ1n) is 7.41. The highest BCUT2D eigenvalue weighted by atomic mass is 16.2. The van der Waals surface area contributed by atoms with E-state index in [0.29, 0.717) is 11.3 Å². The van der Waals surface area contributed by atoms with Crippen LogP contribution in [-0.2, 0) is 7.05 Å².